The molecule has 0 fully saturated rings. The van der Waals surface area contributed by atoms with E-state index in [1.54, 1.807) is 17.0 Å². The summed E-state index contributed by atoms with van der Waals surface area (Å²) in [5.74, 6) is -0.983. The number of halogens is 1. The van der Waals surface area contributed by atoms with Crippen molar-refractivity contribution in [1.82, 2.24) is 0 Å². The van der Waals surface area contributed by atoms with E-state index in [0.717, 1.165) is 21.3 Å². The monoisotopic (exact) mass is 345 g/mol. The van der Waals surface area contributed by atoms with Gasteiger partial charge in [-0.25, -0.2) is 4.79 Å². The lowest BCUT2D eigenvalue weighted by Crippen LogP contribution is -2.25. The molecule has 3 rings (SSSR count). The van der Waals surface area contributed by atoms with Gasteiger partial charge in [0.15, 0.2) is 0 Å². The van der Waals surface area contributed by atoms with Crippen molar-refractivity contribution in [2.75, 3.05) is 4.90 Å². The SMILES string of the molecule is O=C(O)c1ccc2c(c1)CC(=O)N2Cc1cccc(Br)c1. The van der Waals surface area contributed by atoms with Crippen molar-refractivity contribution < 1.29 is 14.7 Å². The molecule has 1 heterocycles. The van der Waals surface area contributed by atoms with Gasteiger partial charge in [-0.05, 0) is 41.5 Å². The van der Waals surface area contributed by atoms with Gasteiger partial charge in [-0.2, -0.15) is 0 Å². The molecule has 0 atom stereocenters. The molecule has 0 saturated carbocycles. The molecule has 0 radical (unpaired) electrons. The van der Waals surface area contributed by atoms with Crippen LogP contribution in [0.1, 0.15) is 21.5 Å². The Labute approximate surface area is 130 Å². The van der Waals surface area contributed by atoms with Gasteiger partial charge in [0.05, 0.1) is 18.5 Å². The van der Waals surface area contributed by atoms with Gasteiger partial charge in [0.1, 0.15) is 0 Å². The zero-order valence-electron chi connectivity index (χ0n) is 11.0. The highest BCUT2D eigenvalue weighted by molar-refractivity contribution is 9.10. The van der Waals surface area contributed by atoms with Crippen molar-refractivity contribution in [3.8, 4) is 0 Å². The van der Waals surface area contributed by atoms with Gasteiger partial charge < -0.3 is 10.0 Å². The molecule has 0 saturated heterocycles. The molecule has 0 aliphatic carbocycles. The summed E-state index contributed by atoms with van der Waals surface area (Å²) < 4.78 is 0.966. The normalized spacial score (nSPS) is 13.4. The number of fused-ring (bicyclic) bond motifs is 1. The fourth-order valence-corrected chi connectivity index (χ4v) is 2.95. The number of carbonyl (C=O) groups excluding carboxylic acids is 1. The van der Waals surface area contributed by atoms with Crippen LogP contribution in [0.2, 0.25) is 0 Å². The Morgan fingerprint density at radius 2 is 2.05 bits per heavy atom. The summed E-state index contributed by atoms with van der Waals surface area (Å²) in [4.78, 5) is 24.9. The van der Waals surface area contributed by atoms with Gasteiger partial charge in [-0.1, -0.05) is 28.1 Å². The van der Waals surface area contributed by atoms with E-state index in [9.17, 15) is 9.59 Å². The Balaban J connectivity index is 1.92. The number of carbonyl (C=O) groups is 2. The van der Waals surface area contributed by atoms with Crippen molar-refractivity contribution in [2.45, 2.75) is 13.0 Å². The van der Waals surface area contributed by atoms with Gasteiger partial charge in [-0.15, -0.1) is 0 Å². The smallest absolute Gasteiger partial charge is 0.335 e. The number of hydrogen-bond donors (Lipinski definition) is 1. The highest BCUT2D eigenvalue weighted by Crippen LogP contribution is 2.31. The second kappa shape index (κ2) is 5.33. The highest BCUT2D eigenvalue weighted by atomic mass is 79.9. The van der Waals surface area contributed by atoms with Crippen molar-refractivity contribution >= 4 is 33.5 Å². The number of hydrogen-bond acceptors (Lipinski definition) is 2. The minimum atomic E-state index is -0.976. The molecular formula is C16H12BrNO3. The van der Waals surface area contributed by atoms with Crippen LogP contribution in [0.3, 0.4) is 0 Å². The molecular weight excluding hydrogens is 334 g/mol. The van der Waals surface area contributed by atoms with E-state index in [1.807, 2.05) is 24.3 Å². The minimum Gasteiger partial charge on any atom is -0.478 e. The van der Waals surface area contributed by atoms with E-state index in [-0.39, 0.29) is 17.9 Å². The number of benzene rings is 2. The number of nitrogens with zero attached hydrogens (tertiary/aromatic N) is 1. The van der Waals surface area contributed by atoms with Crippen molar-refractivity contribution in [3.05, 3.63) is 63.6 Å². The van der Waals surface area contributed by atoms with Crippen LogP contribution in [0.15, 0.2) is 46.9 Å². The first kappa shape index (κ1) is 13.8. The van der Waals surface area contributed by atoms with E-state index < -0.39 is 5.97 Å². The number of aromatic carboxylic acids is 1. The van der Waals surface area contributed by atoms with E-state index in [0.29, 0.717) is 6.54 Å². The molecule has 1 N–H and O–H groups in total. The van der Waals surface area contributed by atoms with Crippen LogP contribution in [0, 0.1) is 0 Å². The summed E-state index contributed by atoms with van der Waals surface area (Å²) in [6.07, 6.45) is 0.254. The molecule has 106 valence electrons. The second-order valence-corrected chi connectivity index (χ2v) is 5.85. The van der Waals surface area contributed by atoms with Crippen LogP contribution < -0.4 is 4.90 Å². The molecule has 0 bridgehead atoms. The molecule has 1 aliphatic heterocycles. The van der Waals surface area contributed by atoms with Gasteiger partial charge in [0.25, 0.3) is 0 Å². The number of carboxylic acids is 1. The third-order valence-electron chi connectivity index (χ3n) is 3.49. The van der Waals surface area contributed by atoms with E-state index in [1.165, 1.54) is 6.07 Å². The number of rotatable bonds is 3. The van der Waals surface area contributed by atoms with Crippen LogP contribution in [0.5, 0.6) is 0 Å². The molecule has 21 heavy (non-hydrogen) atoms. The quantitative estimate of drug-likeness (QED) is 0.928. The Kier molecular flexibility index (Phi) is 3.51. The van der Waals surface area contributed by atoms with Crippen molar-refractivity contribution in [1.29, 1.82) is 0 Å². The van der Waals surface area contributed by atoms with Crippen LogP contribution in [-0.2, 0) is 17.8 Å². The Bertz CT molecular complexity index is 742. The fraction of sp³-hybridized carbons (Fsp3) is 0.125. The van der Waals surface area contributed by atoms with E-state index >= 15 is 0 Å². The Morgan fingerprint density at radius 1 is 1.24 bits per heavy atom. The third-order valence-corrected chi connectivity index (χ3v) is 3.98. The molecule has 1 aliphatic rings. The lowest BCUT2D eigenvalue weighted by molar-refractivity contribution is -0.117. The van der Waals surface area contributed by atoms with Crippen LogP contribution in [0.4, 0.5) is 5.69 Å². The lowest BCUT2D eigenvalue weighted by Gasteiger charge is -2.17. The molecule has 0 aromatic heterocycles. The molecule has 0 spiro atoms. The Hall–Kier alpha value is -2.14. The first-order valence-electron chi connectivity index (χ1n) is 6.45. The Morgan fingerprint density at radius 3 is 2.76 bits per heavy atom. The van der Waals surface area contributed by atoms with Crippen LogP contribution >= 0.6 is 15.9 Å². The minimum absolute atomic E-state index is 0.00693. The summed E-state index contributed by atoms with van der Waals surface area (Å²) >= 11 is 3.42. The summed E-state index contributed by atoms with van der Waals surface area (Å²) in [6.45, 7) is 0.484. The summed E-state index contributed by atoms with van der Waals surface area (Å²) in [7, 11) is 0. The molecule has 2 aromatic rings. The van der Waals surface area contributed by atoms with Crippen LogP contribution in [-0.4, -0.2) is 17.0 Å². The maximum absolute atomic E-state index is 12.2. The van der Waals surface area contributed by atoms with Gasteiger partial charge in [0, 0.05) is 10.2 Å². The zero-order valence-corrected chi connectivity index (χ0v) is 12.6. The van der Waals surface area contributed by atoms with E-state index in [2.05, 4.69) is 15.9 Å². The zero-order chi connectivity index (χ0) is 15.0. The second-order valence-electron chi connectivity index (χ2n) is 4.94. The van der Waals surface area contributed by atoms with Crippen molar-refractivity contribution in [2.24, 2.45) is 0 Å². The average Bonchev–Trinajstić information content (AvgIpc) is 2.74. The molecule has 1 amide bonds. The first-order chi connectivity index (χ1) is 10.0. The molecule has 4 nitrogen and oxygen atoms in total. The van der Waals surface area contributed by atoms with Gasteiger partial charge >= 0.3 is 5.97 Å². The third kappa shape index (κ3) is 2.69. The molecule has 5 heteroatoms. The lowest BCUT2D eigenvalue weighted by atomic mass is 10.1. The van der Waals surface area contributed by atoms with E-state index in [4.69, 9.17) is 5.11 Å². The molecule has 0 unspecified atom stereocenters. The first-order valence-corrected chi connectivity index (χ1v) is 7.25. The topological polar surface area (TPSA) is 57.6 Å². The van der Waals surface area contributed by atoms with Gasteiger partial charge in [-0.3, -0.25) is 4.79 Å². The van der Waals surface area contributed by atoms with Gasteiger partial charge in [0.2, 0.25) is 5.91 Å². The fourth-order valence-electron chi connectivity index (χ4n) is 2.51. The summed E-state index contributed by atoms with van der Waals surface area (Å²) in [5.41, 5.74) is 2.80. The maximum atomic E-state index is 12.2. The molecule has 2 aromatic carbocycles. The summed E-state index contributed by atoms with van der Waals surface area (Å²) in [6, 6.07) is 12.6. The standard InChI is InChI=1S/C16H12BrNO3/c17-13-3-1-2-10(6-13)9-18-14-5-4-11(16(20)21)7-12(14)8-15(18)19/h1-7H,8-9H2,(H,20,21). The predicted molar refractivity (Wildman–Crippen MR) is 82.4 cm³/mol. The largest absolute Gasteiger partial charge is 0.478 e. The highest BCUT2D eigenvalue weighted by Gasteiger charge is 2.28. The summed E-state index contributed by atoms with van der Waals surface area (Å²) in [5, 5.41) is 9.01. The number of amides is 1. The average molecular weight is 346 g/mol. The van der Waals surface area contributed by atoms with Crippen molar-refractivity contribution in [3.63, 3.8) is 0 Å². The number of carboxylic acid groups (broad SMARTS) is 1. The maximum Gasteiger partial charge on any atom is 0.335 e. The number of anilines is 1. The van der Waals surface area contributed by atoms with Crippen LogP contribution in [0.25, 0.3) is 0 Å². The predicted octanol–water partition coefficient (Wildman–Crippen LogP) is 3.24.